The molecule has 4 heteroatoms. The van der Waals surface area contributed by atoms with Crippen molar-refractivity contribution in [2.24, 2.45) is 0 Å². The van der Waals surface area contributed by atoms with Gasteiger partial charge in [-0.1, -0.05) is 194 Å². The van der Waals surface area contributed by atoms with Crippen LogP contribution in [0.4, 0.5) is 0 Å². The van der Waals surface area contributed by atoms with Crippen LogP contribution in [-0.2, 0) is 0 Å². The third-order valence-corrected chi connectivity index (χ3v) is 15.4. The van der Waals surface area contributed by atoms with Crippen LogP contribution < -0.4 is 0 Å². The van der Waals surface area contributed by atoms with E-state index in [-0.39, 0.29) is 0 Å². The average molecular weight is 913 g/mol. The molecule has 0 radical (unpaired) electrons. The molecule has 0 saturated carbocycles. The first-order valence-corrected chi connectivity index (χ1v) is 24.7. The van der Waals surface area contributed by atoms with Crippen LogP contribution in [0.2, 0.25) is 0 Å². The van der Waals surface area contributed by atoms with Crippen molar-refractivity contribution in [2.75, 3.05) is 0 Å². The van der Waals surface area contributed by atoms with Gasteiger partial charge in [0.1, 0.15) is 0 Å². The molecule has 3 heterocycles. The van der Waals surface area contributed by atoms with Gasteiger partial charge in [-0.25, -0.2) is 9.97 Å². The Balaban J connectivity index is 0.966. The minimum atomic E-state index is 0.645. The molecular formula is C68H40N4. The van der Waals surface area contributed by atoms with Crippen molar-refractivity contribution >= 4 is 108 Å². The van der Waals surface area contributed by atoms with Crippen molar-refractivity contribution < 1.29 is 0 Å². The lowest BCUT2D eigenvalue weighted by atomic mass is 9.87. The summed E-state index contributed by atoms with van der Waals surface area (Å²) in [7, 11) is 0. The number of fused-ring (bicyclic) bond motifs is 12. The van der Waals surface area contributed by atoms with Crippen LogP contribution in [0.25, 0.3) is 154 Å². The van der Waals surface area contributed by atoms with Gasteiger partial charge in [-0.2, -0.15) is 0 Å². The van der Waals surface area contributed by atoms with Crippen LogP contribution in [-0.4, -0.2) is 19.1 Å². The maximum Gasteiger partial charge on any atom is 0.235 e. The summed E-state index contributed by atoms with van der Waals surface area (Å²) in [4.78, 5) is 11.0. The topological polar surface area (TPSA) is 35.6 Å². The highest BCUT2D eigenvalue weighted by Gasteiger charge is 2.24. The van der Waals surface area contributed by atoms with E-state index in [9.17, 15) is 0 Å². The molecule has 0 fully saturated rings. The fourth-order valence-electron chi connectivity index (χ4n) is 12.3. The van der Waals surface area contributed by atoms with Crippen LogP contribution in [0.1, 0.15) is 0 Å². The van der Waals surface area contributed by atoms with E-state index in [4.69, 9.17) is 9.97 Å². The first-order chi connectivity index (χ1) is 35.7. The minimum absolute atomic E-state index is 0.645. The van der Waals surface area contributed by atoms with E-state index in [1.807, 2.05) is 0 Å². The molecule has 0 aliphatic heterocycles. The number of benzene rings is 13. The average Bonchev–Trinajstić information content (AvgIpc) is 3.97. The lowest BCUT2D eigenvalue weighted by molar-refractivity contribution is 1.01. The minimum Gasteiger partial charge on any atom is -0.309 e. The summed E-state index contributed by atoms with van der Waals surface area (Å²) in [5.41, 5.74) is 13.3. The molecule has 0 N–H and O–H groups in total. The molecule has 332 valence electrons. The summed E-state index contributed by atoms with van der Waals surface area (Å²) >= 11 is 0. The molecule has 4 nitrogen and oxygen atoms in total. The molecule has 3 aromatic heterocycles. The molecule has 16 aromatic rings. The van der Waals surface area contributed by atoms with Crippen molar-refractivity contribution in [3.63, 3.8) is 0 Å². The lowest BCUT2D eigenvalue weighted by Gasteiger charge is -2.17. The van der Waals surface area contributed by atoms with Gasteiger partial charge in [0.2, 0.25) is 5.95 Å². The summed E-state index contributed by atoms with van der Waals surface area (Å²) < 4.78 is 4.78. The van der Waals surface area contributed by atoms with Crippen molar-refractivity contribution in [2.45, 2.75) is 0 Å². The number of nitrogens with zero attached hydrogens (tertiary/aromatic N) is 4. The van der Waals surface area contributed by atoms with Crippen LogP contribution in [0, 0.1) is 0 Å². The van der Waals surface area contributed by atoms with Crippen LogP contribution in [0.15, 0.2) is 243 Å². The normalized spacial score (nSPS) is 12.2. The van der Waals surface area contributed by atoms with Crippen molar-refractivity contribution in [1.29, 1.82) is 0 Å². The second kappa shape index (κ2) is 14.9. The number of para-hydroxylation sites is 3. The molecule has 0 aliphatic rings. The van der Waals surface area contributed by atoms with Crippen molar-refractivity contribution in [1.82, 2.24) is 19.1 Å². The van der Waals surface area contributed by atoms with Crippen molar-refractivity contribution in [3.05, 3.63) is 243 Å². The smallest absolute Gasteiger partial charge is 0.235 e. The SMILES string of the molecule is c1ccc(-c2ccc(-n3c4ccccc4c4c5cccc6c7cccc8c7c(cc7c8c8ccccc8n7-c7nc(-c8ccc(-c9ccc%10ccccc%10c9)cc8)c8ccccc8n7)c(cc43)c65)cc2)cc1. The third-order valence-electron chi connectivity index (χ3n) is 15.4. The number of rotatable bonds is 5. The van der Waals surface area contributed by atoms with Gasteiger partial charge in [-0.3, -0.25) is 4.57 Å². The molecule has 0 atom stereocenters. The van der Waals surface area contributed by atoms with E-state index in [0.717, 1.165) is 38.9 Å². The van der Waals surface area contributed by atoms with Gasteiger partial charge in [0.25, 0.3) is 0 Å². The van der Waals surface area contributed by atoms with Gasteiger partial charge >= 0.3 is 0 Å². The second-order valence-corrected chi connectivity index (χ2v) is 19.2. The Morgan fingerprint density at radius 2 is 0.736 bits per heavy atom. The molecule has 0 amide bonds. The summed E-state index contributed by atoms with van der Waals surface area (Å²) in [6.07, 6.45) is 0. The van der Waals surface area contributed by atoms with Crippen LogP contribution in [0.3, 0.4) is 0 Å². The monoisotopic (exact) mass is 912 g/mol. The quantitative estimate of drug-likeness (QED) is 0.127. The molecule has 16 rings (SSSR count). The van der Waals surface area contributed by atoms with Crippen molar-refractivity contribution in [3.8, 4) is 45.1 Å². The first kappa shape index (κ1) is 39.2. The van der Waals surface area contributed by atoms with Gasteiger partial charge in [0.05, 0.1) is 33.3 Å². The Kier molecular flexibility index (Phi) is 8.14. The standard InChI is InChI=1S/C68H40N4/c1-2-14-41(15-3-1)43-34-36-48(37-35-43)71-59-26-10-7-19-52(59)65-54-23-12-21-49-50-22-13-24-55-64(50)57(56(63(49)54)39-61(65)71)40-62-66(55)53-20-8-11-27-60(53)72(62)68-69-58-25-9-6-18-51(58)67(70-68)45-31-28-44(29-32-45)47-33-30-42-16-4-5-17-46(42)38-47/h1-40H. The number of aromatic nitrogens is 4. The Labute approximate surface area is 413 Å². The highest BCUT2D eigenvalue weighted by molar-refractivity contribution is 6.41. The largest absolute Gasteiger partial charge is 0.309 e. The molecule has 0 bridgehead atoms. The Bertz CT molecular complexity index is 4890. The first-order valence-electron chi connectivity index (χ1n) is 24.7. The van der Waals surface area contributed by atoms with Crippen LogP contribution >= 0.6 is 0 Å². The Morgan fingerprint density at radius 3 is 1.43 bits per heavy atom. The fraction of sp³-hybridized carbons (Fsp3) is 0. The number of hydrogen-bond acceptors (Lipinski definition) is 2. The van der Waals surface area contributed by atoms with E-state index in [0.29, 0.717) is 5.95 Å². The zero-order valence-electron chi connectivity index (χ0n) is 38.9. The van der Waals surface area contributed by atoms with Gasteiger partial charge in [-0.05, 0) is 125 Å². The fourth-order valence-corrected chi connectivity index (χ4v) is 12.3. The molecule has 72 heavy (non-hydrogen) atoms. The maximum absolute atomic E-state index is 5.58. The zero-order chi connectivity index (χ0) is 47.0. The van der Waals surface area contributed by atoms with E-state index < -0.39 is 0 Å². The molecule has 0 saturated heterocycles. The molecule has 0 aliphatic carbocycles. The zero-order valence-corrected chi connectivity index (χ0v) is 38.9. The van der Waals surface area contributed by atoms with Gasteiger partial charge < -0.3 is 4.57 Å². The number of hydrogen-bond donors (Lipinski definition) is 0. The van der Waals surface area contributed by atoms with Gasteiger partial charge in [0, 0.05) is 38.2 Å². The Hall–Kier alpha value is -9.64. The molecule has 13 aromatic carbocycles. The van der Waals surface area contributed by atoms with Crippen LogP contribution in [0.5, 0.6) is 0 Å². The predicted octanol–water partition coefficient (Wildman–Crippen LogP) is 18.0. The van der Waals surface area contributed by atoms with E-state index in [2.05, 4.69) is 252 Å². The molecule has 0 spiro atoms. The summed E-state index contributed by atoms with van der Waals surface area (Å²) in [6.45, 7) is 0. The van der Waals surface area contributed by atoms with Gasteiger partial charge in [-0.15, -0.1) is 0 Å². The maximum atomic E-state index is 5.58. The van der Waals surface area contributed by atoms with E-state index in [1.165, 1.54) is 109 Å². The summed E-state index contributed by atoms with van der Waals surface area (Å²) in [5, 5.41) is 18.4. The summed E-state index contributed by atoms with van der Waals surface area (Å²) in [6, 6.07) is 88.6. The highest BCUT2D eigenvalue weighted by Crippen LogP contribution is 2.49. The summed E-state index contributed by atoms with van der Waals surface area (Å²) in [5.74, 6) is 0.645. The second-order valence-electron chi connectivity index (χ2n) is 19.2. The van der Waals surface area contributed by atoms with E-state index >= 15 is 0 Å². The van der Waals surface area contributed by atoms with Gasteiger partial charge in [0.15, 0.2) is 0 Å². The lowest BCUT2D eigenvalue weighted by Crippen LogP contribution is -2.03. The predicted molar refractivity (Wildman–Crippen MR) is 303 cm³/mol. The van der Waals surface area contributed by atoms with E-state index in [1.54, 1.807) is 0 Å². The molecule has 0 unspecified atom stereocenters. The third kappa shape index (κ3) is 5.57. The Morgan fingerprint density at radius 1 is 0.250 bits per heavy atom. The highest BCUT2D eigenvalue weighted by atomic mass is 15.2. The molecular weight excluding hydrogens is 873 g/mol.